The van der Waals surface area contributed by atoms with Crippen LogP contribution < -0.4 is 0 Å². The zero-order chi connectivity index (χ0) is 15.0. The second-order valence-corrected chi connectivity index (χ2v) is 6.32. The van der Waals surface area contributed by atoms with Crippen molar-refractivity contribution in [2.75, 3.05) is 5.88 Å². The molecule has 0 spiro atoms. The number of hydrogen-bond acceptors (Lipinski definition) is 2. The summed E-state index contributed by atoms with van der Waals surface area (Å²) < 4.78 is 3.18. The van der Waals surface area contributed by atoms with Crippen molar-refractivity contribution in [1.29, 1.82) is 0 Å². The van der Waals surface area contributed by atoms with Gasteiger partial charge in [-0.3, -0.25) is 4.57 Å². The Labute approximate surface area is 137 Å². The summed E-state index contributed by atoms with van der Waals surface area (Å²) in [5.74, 6) is 1.49. The minimum atomic E-state index is 0.540. The molecule has 3 nitrogen and oxygen atoms in total. The number of aromatic nitrogens is 3. The maximum atomic E-state index is 5.94. The number of hydrogen-bond donors (Lipinski definition) is 0. The monoisotopic (exact) mass is 363 g/mol. The van der Waals surface area contributed by atoms with Crippen molar-refractivity contribution in [3.8, 4) is 5.69 Å². The lowest BCUT2D eigenvalue weighted by Crippen LogP contribution is -2.05. The highest BCUT2D eigenvalue weighted by Crippen LogP contribution is 2.25. The van der Waals surface area contributed by atoms with E-state index in [0.29, 0.717) is 12.3 Å². The average molecular weight is 365 g/mol. The van der Waals surface area contributed by atoms with Gasteiger partial charge in [-0.2, -0.15) is 0 Å². The molecule has 0 N–H and O–H groups in total. The van der Waals surface area contributed by atoms with Crippen LogP contribution in [-0.4, -0.2) is 20.4 Å². The Balaban J connectivity index is 2.32. The van der Waals surface area contributed by atoms with Gasteiger partial charge >= 0.3 is 0 Å². The first kappa shape index (κ1) is 14.5. The lowest BCUT2D eigenvalue weighted by atomic mass is 10.2. The standard InChI is InChI=1S/C16H15BrClN3/c1-10-9-12(17)4-6-14(10)21-15(7-8-18)20-13-5-3-11(2)19-16(13)21/h3-6,9H,7-8H2,1-2H3. The number of nitrogens with zero attached hydrogens (tertiary/aromatic N) is 3. The molecule has 108 valence electrons. The van der Waals surface area contributed by atoms with Gasteiger partial charge in [0.1, 0.15) is 11.3 Å². The molecule has 3 aromatic rings. The number of imidazole rings is 1. The van der Waals surface area contributed by atoms with E-state index < -0.39 is 0 Å². The Morgan fingerprint density at radius 1 is 1.14 bits per heavy atom. The highest BCUT2D eigenvalue weighted by molar-refractivity contribution is 9.10. The van der Waals surface area contributed by atoms with Gasteiger partial charge in [-0.1, -0.05) is 15.9 Å². The molecule has 5 heteroatoms. The van der Waals surface area contributed by atoms with Crippen LogP contribution in [0.5, 0.6) is 0 Å². The van der Waals surface area contributed by atoms with Gasteiger partial charge in [-0.25, -0.2) is 9.97 Å². The fraction of sp³-hybridized carbons (Fsp3) is 0.250. The van der Waals surface area contributed by atoms with Gasteiger partial charge < -0.3 is 0 Å². The third-order valence-electron chi connectivity index (χ3n) is 3.43. The molecule has 0 fully saturated rings. The molecule has 0 radical (unpaired) electrons. The summed E-state index contributed by atoms with van der Waals surface area (Å²) >= 11 is 9.45. The van der Waals surface area contributed by atoms with Crippen molar-refractivity contribution in [2.45, 2.75) is 20.3 Å². The number of aryl methyl sites for hydroxylation is 3. The second-order valence-electron chi connectivity index (χ2n) is 5.03. The topological polar surface area (TPSA) is 30.7 Å². The molecule has 0 aliphatic heterocycles. The van der Waals surface area contributed by atoms with Crippen LogP contribution in [0, 0.1) is 13.8 Å². The maximum absolute atomic E-state index is 5.94. The molecule has 2 aromatic heterocycles. The predicted octanol–water partition coefficient (Wildman–Crippen LogP) is 4.58. The second kappa shape index (κ2) is 5.78. The van der Waals surface area contributed by atoms with Gasteiger partial charge in [0.15, 0.2) is 5.65 Å². The van der Waals surface area contributed by atoms with Crippen LogP contribution in [0.3, 0.4) is 0 Å². The predicted molar refractivity (Wildman–Crippen MR) is 90.5 cm³/mol. The van der Waals surface area contributed by atoms with Crippen molar-refractivity contribution in [2.24, 2.45) is 0 Å². The number of rotatable bonds is 3. The number of halogens is 2. The first-order valence-electron chi connectivity index (χ1n) is 6.77. The number of benzene rings is 1. The van der Waals surface area contributed by atoms with Crippen LogP contribution in [0.25, 0.3) is 16.9 Å². The van der Waals surface area contributed by atoms with Crippen molar-refractivity contribution >= 4 is 38.7 Å². The molecule has 0 aliphatic rings. The van der Waals surface area contributed by atoms with Gasteiger partial charge in [0.25, 0.3) is 0 Å². The van der Waals surface area contributed by atoms with Crippen molar-refractivity contribution in [3.63, 3.8) is 0 Å². The van der Waals surface area contributed by atoms with Crippen LogP contribution in [0.1, 0.15) is 17.1 Å². The summed E-state index contributed by atoms with van der Waals surface area (Å²) in [6.45, 7) is 4.08. The number of alkyl halides is 1. The lowest BCUT2D eigenvalue weighted by molar-refractivity contribution is 0.898. The Morgan fingerprint density at radius 2 is 1.95 bits per heavy atom. The summed E-state index contributed by atoms with van der Waals surface area (Å²) in [6.07, 6.45) is 0.715. The van der Waals surface area contributed by atoms with Gasteiger partial charge in [0, 0.05) is 22.5 Å². The molecule has 0 amide bonds. The first-order valence-corrected chi connectivity index (χ1v) is 8.10. The number of pyridine rings is 1. The fourth-order valence-corrected chi connectivity index (χ4v) is 3.12. The van der Waals surface area contributed by atoms with E-state index in [1.165, 1.54) is 5.56 Å². The van der Waals surface area contributed by atoms with Crippen LogP contribution in [0.4, 0.5) is 0 Å². The molecule has 0 saturated carbocycles. The van der Waals surface area contributed by atoms with E-state index in [0.717, 1.165) is 32.8 Å². The largest absolute Gasteiger partial charge is 0.280 e. The smallest absolute Gasteiger partial charge is 0.164 e. The van der Waals surface area contributed by atoms with E-state index in [9.17, 15) is 0 Å². The van der Waals surface area contributed by atoms with Gasteiger partial charge in [-0.05, 0) is 49.7 Å². The molecule has 1 aromatic carbocycles. The SMILES string of the molecule is Cc1ccc2nc(CCCl)n(-c3ccc(Br)cc3C)c2n1. The molecule has 0 unspecified atom stereocenters. The normalized spacial score (nSPS) is 11.2. The van der Waals surface area contributed by atoms with Crippen molar-refractivity contribution < 1.29 is 0 Å². The zero-order valence-electron chi connectivity index (χ0n) is 11.9. The third-order valence-corrected chi connectivity index (χ3v) is 4.11. The molecule has 3 rings (SSSR count). The van der Waals surface area contributed by atoms with E-state index in [1.807, 2.05) is 25.1 Å². The quantitative estimate of drug-likeness (QED) is 0.637. The molecular formula is C16H15BrClN3. The molecule has 0 bridgehead atoms. The first-order chi connectivity index (χ1) is 10.1. The average Bonchev–Trinajstić information content (AvgIpc) is 2.77. The summed E-state index contributed by atoms with van der Waals surface area (Å²) in [5.41, 5.74) is 5.04. The highest BCUT2D eigenvalue weighted by Gasteiger charge is 2.15. The summed E-state index contributed by atoms with van der Waals surface area (Å²) in [7, 11) is 0. The highest BCUT2D eigenvalue weighted by atomic mass is 79.9. The Morgan fingerprint density at radius 3 is 2.67 bits per heavy atom. The molecule has 2 heterocycles. The van der Waals surface area contributed by atoms with Crippen LogP contribution in [0.15, 0.2) is 34.8 Å². The van der Waals surface area contributed by atoms with Gasteiger partial charge in [0.2, 0.25) is 0 Å². The zero-order valence-corrected chi connectivity index (χ0v) is 14.2. The summed E-state index contributed by atoms with van der Waals surface area (Å²) in [4.78, 5) is 9.35. The molecule has 0 saturated heterocycles. The Kier molecular flexibility index (Phi) is 4.00. The minimum Gasteiger partial charge on any atom is -0.280 e. The van der Waals surface area contributed by atoms with E-state index in [-0.39, 0.29) is 0 Å². The summed E-state index contributed by atoms with van der Waals surface area (Å²) in [6, 6.07) is 10.2. The fourth-order valence-electron chi connectivity index (χ4n) is 2.47. The molecule has 21 heavy (non-hydrogen) atoms. The molecule has 0 aliphatic carbocycles. The van der Waals surface area contributed by atoms with E-state index in [2.05, 4.69) is 49.5 Å². The van der Waals surface area contributed by atoms with Crippen LogP contribution in [0.2, 0.25) is 0 Å². The van der Waals surface area contributed by atoms with E-state index in [1.54, 1.807) is 0 Å². The van der Waals surface area contributed by atoms with E-state index >= 15 is 0 Å². The Bertz CT molecular complexity index is 811. The summed E-state index contributed by atoms with van der Waals surface area (Å²) in [5, 5.41) is 0. The molecular weight excluding hydrogens is 350 g/mol. The van der Waals surface area contributed by atoms with Crippen molar-refractivity contribution in [3.05, 3.63) is 51.9 Å². The Hall–Kier alpha value is -1.39. The van der Waals surface area contributed by atoms with Crippen molar-refractivity contribution in [1.82, 2.24) is 14.5 Å². The number of fused-ring (bicyclic) bond motifs is 1. The van der Waals surface area contributed by atoms with Gasteiger partial charge in [-0.15, -0.1) is 11.6 Å². The van der Waals surface area contributed by atoms with Crippen LogP contribution in [-0.2, 0) is 6.42 Å². The van der Waals surface area contributed by atoms with Crippen LogP contribution >= 0.6 is 27.5 Å². The van der Waals surface area contributed by atoms with E-state index in [4.69, 9.17) is 11.6 Å². The minimum absolute atomic E-state index is 0.540. The molecule has 0 atom stereocenters. The lowest BCUT2D eigenvalue weighted by Gasteiger charge is -2.11. The van der Waals surface area contributed by atoms with Gasteiger partial charge in [0.05, 0.1) is 5.69 Å². The maximum Gasteiger partial charge on any atom is 0.164 e. The third kappa shape index (κ3) is 2.70.